The Labute approximate surface area is 241 Å². The molecule has 3 aromatic rings. The van der Waals surface area contributed by atoms with Gasteiger partial charge in [0.1, 0.15) is 22.2 Å². The minimum atomic E-state index is 0.208. The fourth-order valence-corrected chi connectivity index (χ4v) is 5.77. The first-order chi connectivity index (χ1) is 19.6. The zero-order valence-electron chi connectivity index (χ0n) is 23.4. The molecule has 2 aliphatic rings. The van der Waals surface area contributed by atoms with Crippen LogP contribution in [0.4, 0.5) is 5.95 Å². The Morgan fingerprint density at radius 3 is 2.27 bits per heavy atom. The summed E-state index contributed by atoms with van der Waals surface area (Å²) in [5, 5.41) is 5.63. The van der Waals surface area contributed by atoms with Crippen LogP contribution >= 0.6 is 11.6 Å². The van der Waals surface area contributed by atoms with Gasteiger partial charge in [-0.25, -0.2) is 25.8 Å². The van der Waals surface area contributed by atoms with Gasteiger partial charge in [0, 0.05) is 30.7 Å². The summed E-state index contributed by atoms with van der Waals surface area (Å²) in [6.45, 7) is 9.58. The quantitative estimate of drug-likeness (QED) is 0.273. The van der Waals surface area contributed by atoms with Crippen molar-refractivity contribution in [1.82, 2.24) is 30.2 Å². The molecule has 214 valence electrons. The number of halogens is 1. The number of nitrogens with one attached hydrogen (secondary N) is 1. The average Bonchev–Trinajstić information content (AvgIpc) is 3.00. The number of benzene rings is 1. The molecule has 11 heteroatoms. The fraction of sp³-hybridized carbons (Fsp3) is 0.517. The third kappa shape index (κ3) is 6.63. The number of hydrazine groups is 1. The van der Waals surface area contributed by atoms with E-state index in [-0.39, 0.29) is 6.04 Å². The highest BCUT2D eigenvalue weighted by atomic mass is 35.5. The first-order valence-electron chi connectivity index (χ1n) is 14.3. The smallest absolute Gasteiger partial charge is 0.240 e. The maximum atomic E-state index is 6.51. The lowest BCUT2D eigenvalue weighted by molar-refractivity contribution is 0.204. The Hall–Kier alpha value is -3.05. The molecule has 1 aromatic carbocycles. The van der Waals surface area contributed by atoms with Gasteiger partial charge < -0.3 is 14.8 Å². The lowest BCUT2D eigenvalue weighted by Crippen LogP contribution is -2.48. The fourth-order valence-electron chi connectivity index (χ4n) is 5.55. The van der Waals surface area contributed by atoms with E-state index in [9.17, 15) is 0 Å². The van der Waals surface area contributed by atoms with Gasteiger partial charge in [-0.2, -0.15) is 0 Å². The third-order valence-electron chi connectivity index (χ3n) is 7.61. The van der Waals surface area contributed by atoms with Crippen molar-refractivity contribution in [3.63, 3.8) is 0 Å². The van der Waals surface area contributed by atoms with E-state index in [2.05, 4.69) is 20.2 Å². The van der Waals surface area contributed by atoms with Gasteiger partial charge in [0.05, 0.1) is 19.3 Å². The highest BCUT2D eigenvalue weighted by Gasteiger charge is 2.28. The minimum absolute atomic E-state index is 0.208. The van der Waals surface area contributed by atoms with Crippen molar-refractivity contribution in [2.75, 3.05) is 44.4 Å². The van der Waals surface area contributed by atoms with Gasteiger partial charge in [0.15, 0.2) is 5.82 Å². The molecule has 0 radical (unpaired) electrons. The summed E-state index contributed by atoms with van der Waals surface area (Å²) in [5.74, 6) is 9.28. The predicted molar refractivity (Wildman–Crippen MR) is 157 cm³/mol. The van der Waals surface area contributed by atoms with E-state index in [0.717, 1.165) is 75.2 Å². The second-order valence-corrected chi connectivity index (χ2v) is 10.6. The van der Waals surface area contributed by atoms with Crippen LogP contribution < -0.4 is 25.6 Å². The monoisotopic (exact) mass is 566 g/mol. The number of rotatable bonds is 10. The molecule has 2 saturated heterocycles. The summed E-state index contributed by atoms with van der Waals surface area (Å²) in [6.07, 6.45) is 9.33. The topological polar surface area (TPSA) is 115 Å². The van der Waals surface area contributed by atoms with Crippen LogP contribution in [0.1, 0.15) is 56.6 Å². The van der Waals surface area contributed by atoms with Gasteiger partial charge in [-0.05, 0) is 95.4 Å². The van der Waals surface area contributed by atoms with Gasteiger partial charge >= 0.3 is 0 Å². The van der Waals surface area contributed by atoms with Crippen LogP contribution in [0, 0.1) is 0 Å². The van der Waals surface area contributed by atoms with Crippen LogP contribution in [-0.4, -0.2) is 70.3 Å². The standard InChI is InChI=1S/C29H39ClN8O2/c1-3-39-24-16-20(17-25(26(24)30)40-4-2)19-37-14-8-21(9-15-37)23-18-35-29(38(31)22-6-12-32-13-7-22)36-27(23)28-33-10-5-11-34-28/h5,10-11,16-18,21-22,32H,3-4,6-9,12-15,19,31H2,1-2H3. The molecule has 2 aromatic heterocycles. The number of ether oxygens (including phenoxy) is 2. The molecule has 2 fully saturated rings. The molecule has 0 unspecified atom stereocenters. The Morgan fingerprint density at radius 2 is 1.65 bits per heavy atom. The van der Waals surface area contributed by atoms with Crippen LogP contribution in [0.25, 0.3) is 11.5 Å². The van der Waals surface area contributed by atoms with Crippen molar-refractivity contribution < 1.29 is 9.47 Å². The molecule has 0 bridgehead atoms. The Kier molecular flexibility index (Phi) is 9.64. The lowest BCUT2D eigenvalue weighted by Gasteiger charge is -2.33. The molecule has 3 N–H and O–H groups in total. The van der Waals surface area contributed by atoms with Crippen LogP contribution in [0.15, 0.2) is 36.8 Å². The highest BCUT2D eigenvalue weighted by Crippen LogP contribution is 2.38. The molecule has 0 saturated carbocycles. The second kappa shape index (κ2) is 13.5. The van der Waals surface area contributed by atoms with Crippen molar-refractivity contribution in [2.45, 2.75) is 58.0 Å². The van der Waals surface area contributed by atoms with Gasteiger partial charge in [-0.3, -0.25) is 9.91 Å². The van der Waals surface area contributed by atoms with E-state index in [0.29, 0.717) is 47.4 Å². The normalized spacial score (nSPS) is 17.1. The summed E-state index contributed by atoms with van der Waals surface area (Å²) in [4.78, 5) is 21.2. The Bertz CT molecular complexity index is 1220. The third-order valence-corrected chi connectivity index (χ3v) is 7.99. The molecular formula is C29H39ClN8O2. The first-order valence-corrected chi connectivity index (χ1v) is 14.6. The average molecular weight is 567 g/mol. The molecule has 40 heavy (non-hydrogen) atoms. The van der Waals surface area contributed by atoms with Crippen molar-refractivity contribution in [3.8, 4) is 23.0 Å². The van der Waals surface area contributed by atoms with Crippen LogP contribution in [0.3, 0.4) is 0 Å². The van der Waals surface area contributed by atoms with Crippen LogP contribution in [-0.2, 0) is 6.54 Å². The summed E-state index contributed by atoms with van der Waals surface area (Å²) in [7, 11) is 0. The van der Waals surface area contributed by atoms with Crippen molar-refractivity contribution >= 4 is 17.5 Å². The van der Waals surface area contributed by atoms with Gasteiger partial charge in [-0.1, -0.05) is 11.6 Å². The number of nitrogens with zero attached hydrogens (tertiary/aromatic N) is 6. The molecule has 0 spiro atoms. The number of hydrogen-bond donors (Lipinski definition) is 2. The summed E-state index contributed by atoms with van der Waals surface area (Å²) in [6, 6.07) is 6.08. The number of likely N-dealkylation sites (tertiary alicyclic amines) is 1. The molecule has 0 aliphatic carbocycles. The maximum Gasteiger partial charge on any atom is 0.240 e. The maximum absolute atomic E-state index is 6.51. The zero-order chi connectivity index (χ0) is 27.9. The van der Waals surface area contributed by atoms with Crippen molar-refractivity contribution in [2.24, 2.45) is 5.84 Å². The molecule has 4 heterocycles. The molecule has 2 aliphatic heterocycles. The SMILES string of the molecule is CCOc1cc(CN2CCC(c3cnc(N(N)C4CCNCC4)nc3-c3ncccn3)CC2)cc(OCC)c1Cl. The number of piperidine rings is 2. The highest BCUT2D eigenvalue weighted by molar-refractivity contribution is 6.33. The molecule has 10 nitrogen and oxygen atoms in total. The van der Waals surface area contributed by atoms with Crippen LogP contribution in [0.2, 0.25) is 5.02 Å². The lowest BCUT2D eigenvalue weighted by atomic mass is 9.88. The van der Waals surface area contributed by atoms with Gasteiger partial charge in [0.2, 0.25) is 5.95 Å². The van der Waals surface area contributed by atoms with E-state index in [1.54, 1.807) is 17.4 Å². The van der Waals surface area contributed by atoms with E-state index >= 15 is 0 Å². The number of hydrogen-bond acceptors (Lipinski definition) is 10. The van der Waals surface area contributed by atoms with Crippen molar-refractivity contribution in [3.05, 3.63) is 52.9 Å². The predicted octanol–water partition coefficient (Wildman–Crippen LogP) is 4.20. The largest absolute Gasteiger partial charge is 0.492 e. The minimum Gasteiger partial charge on any atom is -0.492 e. The summed E-state index contributed by atoms with van der Waals surface area (Å²) < 4.78 is 11.6. The number of aromatic nitrogens is 4. The zero-order valence-corrected chi connectivity index (χ0v) is 24.1. The molecule has 0 atom stereocenters. The van der Waals surface area contributed by atoms with E-state index < -0.39 is 0 Å². The van der Waals surface area contributed by atoms with Crippen molar-refractivity contribution in [1.29, 1.82) is 0 Å². The van der Waals surface area contributed by atoms with E-state index in [4.69, 9.17) is 36.9 Å². The second-order valence-electron chi connectivity index (χ2n) is 10.3. The Morgan fingerprint density at radius 1 is 1.00 bits per heavy atom. The number of nitrogens with two attached hydrogens (primary N) is 1. The summed E-state index contributed by atoms with van der Waals surface area (Å²) in [5.41, 5.74) is 2.98. The molecule has 0 amide bonds. The van der Waals surface area contributed by atoms with Gasteiger partial charge in [-0.15, -0.1) is 0 Å². The summed E-state index contributed by atoms with van der Waals surface area (Å²) >= 11 is 6.51. The molecular weight excluding hydrogens is 528 g/mol. The van der Waals surface area contributed by atoms with Gasteiger partial charge in [0.25, 0.3) is 0 Å². The number of anilines is 1. The Balaban J connectivity index is 1.32. The first kappa shape index (κ1) is 28.5. The van der Waals surface area contributed by atoms with E-state index in [1.807, 2.05) is 38.2 Å². The van der Waals surface area contributed by atoms with Crippen LogP contribution in [0.5, 0.6) is 11.5 Å². The molecule has 5 rings (SSSR count). The van der Waals surface area contributed by atoms with E-state index in [1.165, 1.54) is 0 Å².